The van der Waals surface area contributed by atoms with Crippen molar-refractivity contribution in [3.63, 3.8) is 0 Å². The molecule has 0 fully saturated rings. The van der Waals surface area contributed by atoms with E-state index in [1.807, 2.05) is 72.8 Å². The molecular formula is C36H46N4O5. The Labute approximate surface area is 268 Å². The fourth-order valence-electron chi connectivity index (χ4n) is 4.93. The molecule has 0 bridgehead atoms. The molecular weight excluding hydrogens is 568 g/mol. The highest BCUT2D eigenvalue weighted by molar-refractivity contribution is 6.38. The highest BCUT2D eigenvalue weighted by atomic mass is 16.2. The van der Waals surface area contributed by atoms with E-state index in [2.05, 4.69) is 21.3 Å². The highest BCUT2D eigenvalue weighted by Crippen LogP contribution is 2.20. The summed E-state index contributed by atoms with van der Waals surface area (Å²) in [6, 6.07) is 28.1. The molecule has 3 atom stereocenters. The van der Waals surface area contributed by atoms with Gasteiger partial charge in [0.25, 0.3) is 11.8 Å². The molecule has 0 radical (unpaired) electrons. The monoisotopic (exact) mass is 614 g/mol. The number of hydrogen-bond donors (Lipinski definition) is 4. The molecule has 9 nitrogen and oxygen atoms in total. The molecule has 0 aliphatic carbocycles. The van der Waals surface area contributed by atoms with Gasteiger partial charge in [-0.05, 0) is 46.9 Å². The lowest BCUT2D eigenvalue weighted by molar-refractivity contribution is -0.141. The molecule has 4 rings (SSSR count). The molecule has 0 aromatic heterocycles. The zero-order valence-electron chi connectivity index (χ0n) is 25.6. The van der Waals surface area contributed by atoms with E-state index in [4.69, 9.17) is 0 Å². The van der Waals surface area contributed by atoms with Crippen molar-refractivity contribution >= 4 is 40.2 Å². The number of rotatable bonds is 13. The lowest BCUT2D eigenvalue weighted by atomic mass is 9.97. The maximum atomic E-state index is 13.6. The number of Topliss-reactive ketones (excluding diaryl/α,β-unsaturated/α-hetero) is 1. The van der Waals surface area contributed by atoms with Crippen LogP contribution in [0.3, 0.4) is 0 Å². The van der Waals surface area contributed by atoms with Gasteiger partial charge in [0.15, 0.2) is 0 Å². The van der Waals surface area contributed by atoms with Crippen molar-refractivity contribution in [2.75, 3.05) is 0 Å². The van der Waals surface area contributed by atoms with Crippen molar-refractivity contribution in [2.45, 2.75) is 51.9 Å². The van der Waals surface area contributed by atoms with Gasteiger partial charge in [-0.3, -0.25) is 24.0 Å². The van der Waals surface area contributed by atoms with Crippen molar-refractivity contribution < 1.29 is 29.7 Å². The second-order valence-electron chi connectivity index (χ2n) is 11.2. The van der Waals surface area contributed by atoms with E-state index in [0.717, 1.165) is 21.9 Å². The zero-order chi connectivity index (χ0) is 32.3. The third-order valence-electron chi connectivity index (χ3n) is 7.48. The summed E-state index contributed by atoms with van der Waals surface area (Å²) in [7, 11) is 0. The number of benzene rings is 4. The van der Waals surface area contributed by atoms with Crippen LogP contribution in [0.2, 0.25) is 0 Å². The van der Waals surface area contributed by atoms with Gasteiger partial charge in [-0.15, -0.1) is 0 Å². The predicted octanol–water partition coefficient (Wildman–Crippen LogP) is 4.70. The molecule has 0 unspecified atom stereocenters. The van der Waals surface area contributed by atoms with E-state index in [1.54, 1.807) is 44.2 Å². The number of ketones is 1. The second-order valence-corrected chi connectivity index (χ2v) is 11.2. The van der Waals surface area contributed by atoms with Crippen LogP contribution >= 0.6 is 0 Å². The van der Waals surface area contributed by atoms with Gasteiger partial charge >= 0.3 is 0 Å². The van der Waals surface area contributed by atoms with Crippen LogP contribution in [-0.2, 0) is 32.1 Å². The Hall–Kier alpha value is -5.31. The van der Waals surface area contributed by atoms with Gasteiger partial charge in [-0.25, -0.2) is 0 Å². The third kappa shape index (κ3) is 8.86. The van der Waals surface area contributed by atoms with Crippen molar-refractivity contribution in [1.82, 2.24) is 21.3 Å². The number of amides is 4. The molecule has 0 aliphatic rings. The van der Waals surface area contributed by atoms with Crippen LogP contribution in [0.1, 0.15) is 48.0 Å². The summed E-state index contributed by atoms with van der Waals surface area (Å²) in [5, 5.41) is 12.7. The van der Waals surface area contributed by atoms with E-state index in [1.165, 1.54) is 6.92 Å². The van der Waals surface area contributed by atoms with Crippen LogP contribution < -0.4 is 21.3 Å². The molecule has 0 aliphatic heterocycles. The fraction of sp³-hybridized carbons (Fsp3) is 0.250. The molecule has 240 valence electrons. The molecule has 9 heteroatoms. The fourth-order valence-corrected chi connectivity index (χ4v) is 4.93. The molecule has 0 saturated carbocycles. The van der Waals surface area contributed by atoms with E-state index in [9.17, 15) is 24.0 Å². The Kier molecular flexibility index (Phi) is 11.2. The number of nitrogens with one attached hydrogen (secondary N) is 4. The Bertz CT molecular complexity index is 1670. The van der Waals surface area contributed by atoms with E-state index < -0.39 is 53.5 Å². The summed E-state index contributed by atoms with van der Waals surface area (Å²) < 4.78 is 0. The average Bonchev–Trinajstić information content (AvgIpc) is 3.06. The van der Waals surface area contributed by atoms with E-state index >= 15 is 0 Å². The molecule has 4 aromatic carbocycles. The number of carbonyl (C=O) groups excluding carboxylic acids is 5. The highest BCUT2D eigenvalue weighted by Gasteiger charge is 2.32. The molecule has 4 aromatic rings. The normalized spacial score (nSPS) is 12.9. The van der Waals surface area contributed by atoms with Gasteiger partial charge in [0.1, 0.15) is 12.1 Å². The van der Waals surface area contributed by atoms with E-state index in [0.29, 0.717) is 5.56 Å². The summed E-state index contributed by atoms with van der Waals surface area (Å²) in [5.74, 6) is -3.62. The molecule has 0 heterocycles. The van der Waals surface area contributed by atoms with Crippen molar-refractivity contribution in [3.05, 3.63) is 120 Å². The van der Waals surface area contributed by atoms with Crippen LogP contribution in [0.5, 0.6) is 0 Å². The Morgan fingerprint density at radius 1 is 0.667 bits per heavy atom. The first-order valence-electron chi connectivity index (χ1n) is 14.9. The minimum atomic E-state index is -1.10. The summed E-state index contributed by atoms with van der Waals surface area (Å²) in [6.45, 7) is 5.09. The Morgan fingerprint density at radius 2 is 1.29 bits per heavy atom. The van der Waals surface area contributed by atoms with Crippen molar-refractivity contribution in [2.24, 2.45) is 5.92 Å². The number of fused-ring (bicyclic) bond motifs is 1. The maximum absolute atomic E-state index is 13.6. The van der Waals surface area contributed by atoms with Gasteiger partial charge in [0, 0.05) is 24.2 Å². The minimum Gasteiger partial charge on any atom is -0.345 e. The van der Waals surface area contributed by atoms with Gasteiger partial charge < -0.3 is 21.3 Å². The number of carbonyl (C=O) groups is 5. The first kappa shape index (κ1) is 32.6. The van der Waals surface area contributed by atoms with E-state index in [-0.39, 0.29) is 18.7 Å². The first-order chi connectivity index (χ1) is 21.6. The predicted molar refractivity (Wildman–Crippen MR) is 181 cm³/mol. The summed E-state index contributed by atoms with van der Waals surface area (Å²) >= 11 is 0. The average molecular weight is 615 g/mol. The summed E-state index contributed by atoms with van der Waals surface area (Å²) in [4.78, 5) is 65.5. The zero-order valence-corrected chi connectivity index (χ0v) is 25.6. The van der Waals surface area contributed by atoms with Gasteiger partial charge in [-0.2, -0.15) is 0 Å². The number of hydrogen-bond acceptors (Lipinski definition) is 5. The quantitative estimate of drug-likeness (QED) is 0.162. The molecule has 4 N–H and O–H groups in total. The van der Waals surface area contributed by atoms with Crippen LogP contribution in [-0.4, -0.2) is 47.5 Å². The first-order valence-corrected chi connectivity index (χ1v) is 14.9. The van der Waals surface area contributed by atoms with Crippen LogP contribution in [0, 0.1) is 5.92 Å². The SMILES string of the molecule is CC(C)[C@H](NC(=O)[C@H](C)NC(=O)[C@@H](Cc1cccc2ccccc12)NC(=O)c1ccccc1)C(=O)C(=O)NCc1ccccc1.[HH].[HH].[HH].[HH]. The Morgan fingerprint density at radius 3 is 1.98 bits per heavy atom. The molecule has 4 amide bonds. The largest absolute Gasteiger partial charge is 0.345 e. The lowest BCUT2D eigenvalue weighted by Crippen LogP contribution is -2.57. The molecule has 45 heavy (non-hydrogen) atoms. The van der Waals surface area contributed by atoms with Gasteiger partial charge in [0.05, 0.1) is 6.04 Å². The van der Waals surface area contributed by atoms with Crippen LogP contribution in [0.15, 0.2) is 103 Å². The second kappa shape index (κ2) is 15.4. The topological polar surface area (TPSA) is 133 Å². The third-order valence-corrected chi connectivity index (χ3v) is 7.48. The molecule has 0 spiro atoms. The van der Waals surface area contributed by atoms with Crippen molar-refractivity contribution in [1.29, 1.82) is 0 Å². The Balaban J connectivity index is 0.00000576. The smallest absolute Gasteiger partial charge is 0.289 e. The van der Waals surface area contributed by atoms with Crippen LogP contribution in [0.4, 0.5) is 0 Å². The lowest BCUT2D eigenvalue weighted by Gasteiger charge is -2.25. The minimum absolute atomic E-state index is 0. The standard InChI is InChI=1S/C36H38N4O5.4H2/c1-23(2)31(32(41)36(45)37-22-25-13-6-4-7-14-25)40-33(42)24(3)38-35(44)30(39-34(43)27-16-8-5-9-17-27)21-28-19-12-18-26-15-10-11-20-29(26)28;;;;/h4-20,23-24,30-31H,21-22H2,1-3H3,(H,37,45)(H,38,44)(H,39,43)(H,40,42);4*1H/t24-,30+,31-;;;;/m0..../s1. The van der Waals surface area contributed by atoms with Gasteiger partial charge in [0.2, 0.25) is 17.6 Å². The van der Waals surface area contributed by atoms with Crippen molar-refractivity contribution in [3.8, 4) is 0 Å². The summed E-state index contributed by atoms with van der Waals surface area (Å²) in [6.07, 6.45) is 0.175. The summed E-state index contributed by atoms with van der Waals surface area (Å²) in [5.41, 5.74) is 2.08. The molecule has 0 saturated heterocycles. The van der Waals surface area contributed by atoms with Gasteiger partial charge in [-0.1, -0.05) is 105 Å². The maximum Gasteiger partial charge on any atom is 0.289 e. The van der Waals surface area contributed by atoms with Crippen LogP contribution in [0.25, 0.3) is 10.8 Å².